The summed E-state index contributed by atoms with van der Waals surface area (Å²) in [6.45, 7) is 5.09. The summed E-state index contributed by atoms with van der Waals surface area (Å²) in [7, 11) is 0. The lowest BCUT2D eigenvalue weighted by molar-refractivity contribution is 0.0726. The third-order valence-electron chi connectivity index (χ3n) is 3.99. The van der Waals surface area contributed by atoms with Gasteiger partial charge in [-0.15, -0.1) is 0 Å². The van der Waals surface area contributed by atoms with Gasteiger partial charge < -0.3 is 14.6 Å². The molecule has 3 rings (SSSR count). The highest BCUT2D eigenvalue weighted by atomic mass is 79.9. The quantitative estimate of drug-likeness (QED) is 0.917. The highest BCUT2D eigenvalue weighted by Crippen LogP contribution is 2.22. The molecule has 1 atom stereocenters. The Balaban J connectivity index is 1.80. The first-order valence-corrected chi connectivity index (χ1v) is 8.12. The zero-order valence-electron chi connectivity index (χ0n) is 12.1. The lowest BCUT2D eigenvalue weighted by Crippen LogP contribution is -2.35. The van der Waals surface area contributed by atoms with E-state index >= 15 is 0 Å². The predicted molar refractivity (Wildman–Crippen MR) is 86.5 cm³/mol. The summed E-state index contributed by atoms with van der Waals surface area (Å²) in [6, 6.07) is 7.91. The second kappa shape index (κ2) is 6.20. The van der Waals surface area contributed by atoms with Gasteiger partial charge in [-0.1, -0.05) is 22.0 Å². The minimum Gasteiger partial charge on any atom is -0.381 e. The van der Waals surface area contributed by atoms with E-state index in [0.717, 1.165) is 41.6 Å². The Kier molecular flexibility index (Phi) is 4.31. The number of carbonyl (C=O) groups excluding carboxylic acids is 1. The number of nitrogens with zero attached hydrogens (tertiary/aromatic N) is 1. The molecule has 1 aromatic carbocycles. The molecule has 4 nitrogen and oxygen atoms in total. The minimum absolute atomic E-state index is 0.0664. The van der Waals surface area contributed by atoms with E-state index in [-0.39, 0.29) is 5.91 Å². The van der Waals surface area contributed by atoms with E-state index in [9.17, 15) is 4.79 Å². The van der Waals surface area contributed by atoms with Gasteiger partial charge in [0.05, 0.1) is 6.61 Å². The van der Waals surface area contributed by atoms with Crippen LogP contribution in [0.1, 0.15) is 23.8 Å². The second-order valence-electron chi connectivity index (χ2n) is 5.49. The maximum Gasteiger partial charge on any atom is 0.270 e. The zero-order valence-corrected chi connectivity index (χ0v) is 13.6. The SMILES string of the molecule is CCN(CC1CCOC1)C(=O)c1cc2ccc(Br)cc2[nH]1. The monoisotopic (exact) mass is 350 g/mol. The highest BCUT2D eigenvalue weighted by Gasteiger charge is 2.23. The Labute approximate surface area is 132 Å². The van der Waals surface area contributed by atoms with Gasteiger partial charge in [0.1, 0.15) is 5.69 Å². The van der Waals surface area contributed by atoms with E-state index < -0.39 is 0 Å². The Morgan fingerprint density at radius 3 is 3.05 bits per heavy atom. The third kappa shape index (κ3) is 3.14. The van der Waals surface area contributed by atoms with Crippen LogP contribution in [0.15, 0.2) is 28.7 Å². The first kappa shape index (κ1) is 14.6. The van der Waals surface area contributed by atoms with Crippen molar-refractivity contribution in [1.82, 2.24) is 9.88 Å². The molecule has 21 heavy (non-hydrogen) atoms. The number of benzene rings is 1. The number of fused-ring (bicyclic) bond motifs is 1. The molecule has 1 saturated heterocycles. The Hall–Kier alpha value is -1.33. The number of hydrogen-bond acceptors (Lipinski definition) is 2. The number of carbonyl (C=O) groups is 1. The van der Waals surface area contributed by atoms with Gasteiger partial charge in [0, 0.05) is 41.0 Å². The van der Waals surface area contributed by atoms with Crippen LogP contribution >= 0.6 is 15.9 Å². The minimum atomic E-state index is 0.0664. The van der Waals surface area contributed by atoms with Crippen molar-refractivity contribution in [1.29, 1.82) is 0 Å². The van der Waals surface area contributed by atoms with Crippen molar-refractivity contribution in [3.8, 4) is 0 Å². The average Bonchev–Trinajstić information content (AvgIpc) is 3.12. The summed E-state index contributed by atoms with van der Waals surface area (Å²) in [6.07, 6.45) is 1.05. The molecule has 0 radical (unpaired) electrons. The van der Waals surface area contributed by atoms with E-state index in [0.29, 0.717) is 18.2 Å². The van der Waals surface area contributed by atoms with Crippen molar-refractivity contribution in [2.75, 3.05) is 26.3 Å². The van der Waals surface area contributed by atoms with Crippen molar-refractivity contribution >= 4 is 32.7 Å². The number of rotatable bonds is 4. The Morgan fingerprint density at radius 1 is 1.48 bits per heavy atom. The second-order valence-corrected chi connectivity index (χ2v) is 6.40. The van der Waals surface area contributed by atoms with E-state index in [4.69, 9.17) is 4.74 Å². The molecule has 0 saturated carbocycles. The molecule has 112 valence electrons. The van der Waals surface area contributed by atoms with Crippen LogP contribution in [0.3, 0.4) is 0 Å². The first-order chi connectivity index (χ1) is 10.2. The molecule has 1 aliphatic rings. The van der Waals surface area contributed by atoms with Crippen LogP contribution in [-0.2, 0) is 4.74 Å². The summed E-state index contributed by atoms with van der Waals surface area (Å²) < 4.78 is 6.40. The lowest BCUT2D eigenvalue weighted by Gasteiger charge is -2.23. The van der Waals surface area contributed by atoms with Crippen LogP contribution in [0.2, 0.25) is 0 Å². The normalized spacial score (nSPS) is 18.3. The van der Waals surface area contributed by atoms with E-state index in [1.807, 2.05) is 36.1 Å². The summed E-state index contributed by atoms with van der Waals surface area (Å²) in [5.74, 6) is 0.532. The van der Waals surface area contributed by atoms with Crippen molar-refractivity contribution in [3.63, 3.8) is 0 Å². The molecule has 0 spiro atoms. The smallest absolute Gasteiger partial charge is 0.270 e. The number of H-pyrrole nitrogens is 1. The highest BCUT2D eigenvalue weighted by molar-refractivity contribution is 9.10. The molecule has 0 aliphatic carbocycles. The number of aromatic amines is 1. The molecular formula is C16H19BrN2O2. The maximum atomic E-state index is 12.7. The van der Waals surface area contributed by atoms with Crippen LogP contribution < -0.4 is 0 Å². The molecule has 1 N–H and O–H groups in total. The van der Waals surface area contributed by atoms with Crippen LogP contribution in [0.4, 0.5) is 0 Å². The molecular weight excluding hydrogens is 332 g/mol. The van der Waals surface area contributed by atoms with Gasteiger partial charge in [0.15, 0.2) is 0 Å². The summed E-state index contributed by atoms with van der Waals surface area (Å²) >= 11 is 3.45. The molecule has 2 heterocycles. The van der Waals surface area contributed by atoms with Crippen molar-refractivity contribution in [3.05, 3.63) is 34.4 Å². The number of amides is 1. The molecule has 1 aliphatic heterocycles. The number of aromatic nitrogens is 1. The molecule has 1 fully saturated rings. The van der Waals surface area contributed by atoms with Gasteiger partial charge in [-0.3, -0.25) is 4.79 Å². The Bertz CT molecular complexity index is 647. The fourth-order valence-corrected chi connectivity index (χ4v) is 3.14. The number of nitrogens with one attached hydrogen (secondary N) is 1. The Morgan fingerprint density at radius 2 is 2.33 bits per heavy atom. The summed E-state index contributed by atoms with van der Waals surface area (Å²) in [4.78, 5) is 17.8. The number of halogens is 1. The standard InChI is InChI=1S/C16H19BrN2O2/c1-2-19(9-11-5-6-21-10-11)16(20)15-7-12-3-4-13(17)8-14(12)18-15/h3-4,7-8,11,18H,2,5-6,9-10H2,1H3. The van der Waals surface area contributed by atoms with Crippen LogP contribution in [-0.4, -0.2) is 42.1 Å². The molecule has 2 aromatic rings. The predicted octanol–water partition coefficient (Wildman–Crippen LogP) is 3.43. The molecule has 1 aromatic heterocycles. The molecule has 1 unspecified atom stereocenters. The molecule has 0 bridgehead atoms. The summed E-state index contributed by atoms with van der Waals surface area (Å²) in [5, 5.41) is 1.06. The van der Waals surface area contributed by atoms with Gasteiger partial charge >= 0.3 is 0 Å². The zero-order chi connectivity index (χ0) is 14.8. The maximum absolute atomic E-state index is 12.7. The van der Waals surface area contributed by atoms with Gasteiger partial charge in [0.25, 0.3) is 5.91 Å². The average molecular weight is 351 g/mol. The van der Waals surface area contributed by atoms with Gasteiger partial charge in [0.2, 0.25) is 0 Å². The number of ether oxygens (including phenoxy) is 1. The lowest BCUT2D eigenvalue weighted by atomic mass is 10.1. The van der Waals surface area contributed by atoms with Crippen molar-refractivity contribution < 1.29 is 9.53 Å². The largest absolute Gasteiger partial charge is 0.381 e. The van der Waals surface area contributed by atoms with Crippen LogP contribution in [0, 0.1) is 5.92 Å². The fourth-order valence-electron chi connectivity index (χ4n) is 2.78. The van der Waals surface area contributed by atoms with E-state index in [1.165, 1.54) is 0 Å². The van der Waals surface area contributed by atoms with E-state index in [1.54, 1.807) is 0 Å². The fraction of sp³-hybridized carbons (Fsp3) is 0.438. The van der Waals surface area contributed by atoms with Gasteiger partial charge in [-0.25, -0.2) is 0 Å². The van der Waals surface area contributed by atoms with Crippen molar-refractivity contribution in [2.45, 2.75) is 13.3 Å². The van der Waals surface area contributed by atoms with Gasteiger partial charge in [-0.05, 0) is 31.5 Å². The van der Waals surface area contributed by atoms with E-state index in [2.05, 4.69) is 20.9 Å². The van der Waals surface area contributed by atoms with Crippen LogP contribution in [0.5, 0.6) is 0 Å². The van der Waals surface area contributed by atoms with Crippen molar-refractivity contribution in [2.24, 2.45) is 5.92 Å². The van der Waals surface area contributed by atoms with Gasteiger partial charge in [-0.2, -0.15) is 0 Å². The summed E-state index contributed by atoms with van der Waals surface area (Å²) in [5.41, 5.74) is 1.64. The molecule has 5 heteroatoms. The van der Waals surface area contributed by atoms with Crippen LogP contribution in [0.25, 0.3) is 10.9 Å². The third-order valence-corrected chi connectivity index (χ3v) is 4.48. The number of hydrogen-bond donors (Lipinski definition) is 1. The first-order valence-electron chi connectivity index (χ1n) is 7.32. The topological polar surface area (TPSA) is 45.3 Å². The molecule has 1 amide bonds.